The molecule has 0 fully saturated rings. The quantitative estimate of drug-likeness (QED) is 0.770. The van der Waals surface area contributed by atoms with Gasteiger partial charge in [0.15, 0.2) is 5.78 Å². The Morgan fingerprint density at radius 2 is 1.83 bits per heavy atom. The lowest BCUT2D eigenvalue weighted by Gasteiger charge is -2.00. The minimum atomic E-state index is -4.63. The van der Waals surface area contributed by atoms with Crippen molar-refractivity contribution in [1.29, 1.82) is 0 Å². The third-order valence-corrected chi connectivity index (χ3v) is 2.17. The molecule has 0 aliphatic rings. The summed E-state index contributed by atoms with van der Waals surface area (Å²) >= 11 is 0. The van der Waals surface area contributed by atoms with Crippen molar-refractivity contribution in [3.8, 4) is 5.69 Å². The molecule has 0 saturated heterocycles. The predicted molar refractivity (Wildman–Crippen MR) is 54.2 cm³/mol. The van der Waals surface area contributed by atoms with Crippen molar-refractivity contribution in [2.75, 3.05) is 0 Å². The highest BCUT2D eigenvalue weighted by molar-refractivity contribution is 5.94. The fraction of sp³-hybridized carbons (Fsp3) is 0.200. The molecular weight excluding hydrogens is 249 g/mol. The molecule has 8 heteroatoms. The van der Waals surface area contributed by atoms with Gasteiger partial charge in [0.05, 0.1) is 5.69 Å². The molecule has 94 valence electrons. The first-order valence-corrected chi connectivity index (χ1v) is 4.86. The topological polar surface area (TPSA) is 60.7 Å². The Kier molecular flexibility index (Phi) is 2.85. The number of halogens is 3. The zero-order chi connectivity index (χ0) is 13.3. The standard InChI is InChI=1S/C10H7F3N4O/c1-6(18)7-2-4-8(5-3-7)17-15-9(14-16-17)10(11,12)13/h2-5H,1H3. The van der Waals surface area contributed by atoms with Gasteiger partial charge in [-0.2, -0.15) is 13.2 Å². The molecule has 0 radical (unpaired) electrons. The molecule has 1 aromatic heterocycles. The fourth-order valence-corrected chi connectivity index (χ4v) is 1.27. The average molecular weight is 256 g/mol. The molecule has 5 nitrogen and oxygen atoms in total. The Morgan fingerprint density at radius 3 is 2.28 bits per heavy atom. The highest BCUT2D eigenvalue weighted by Crippen LogP contribution is 2.25. The summed E-state index contributed by atoms with van der Waals surface area (Å²) in [7, 11) is 0. The Morgan fingerprint density at radius 1 is 1.22 bits per heavy atom. The van der Waals surface area contributed by atoms with Crippen LogP contribution in [0, 0.1) is 0 Å². The largest absolute Gasteiger partial charge is 0.455 e. The Hall–Kier alpha value is -2.25. The van der Waals surface area contributed by atoms with E-state index in [2.05, 4.69) is 15.4 Å². The number of ketones is 1. The molecule has 0 amide bonds. The summed E-state index contributed by atoms with van der Waals surface area (Å²) in [5.41, 5.74) is 0.748. The second kappa shape index (κ2) is 4.21. The molecule has 0 unspecified atom stereocenters. The molecule has 0 saturated carbocycles. The second-order valence-electron chi connectivity index (χ2n) is 3.50. The van der Waals surface area contributed by atoms with Crippen LogP contribution in [0.4, 0.5) is 13.2 Å². The maximum Gasteiger partial charge on any atom is 0.455 e. The van der Waals surface area contributed by atoms with Crippen molar-refractivity contribution < 1.29 is 18.0 Å². The summed E-state index contributed by atoms with van der Waals surface area (Å²) in [4.78, 5) is 11.8. The van der Waals surface area contributed by atoms with Crippen molar-refractivity contribution >= 4 is 5.78 Å². The lowest BCUT2D eigenvalue weighted by molar-refractivity contribution is -0.145. The molecule has 0 aliphatic carbocycles. The first kappa shape index (κ1) is 12.2. The van der Waals surface area contributed by atoms with Gasteiger partial charge in [0.1, 0.15) is 0 Å². The first-order valence-electron chi connectivity index (χ1n) is 4.86. The van der Waals surface area contributed by atoms with Crippen LogP contribution >= 0.6 is 0 Å². The minimum Gasteiger partial charge on any atom is -0.295 e. The summed E-state index contributed by atoms with van der Waals surface area (Å²) in [6.07, 6.45) is -4.63. The van der Waals surface area contributed by atoms with Crippen molar-refractivity contribution in [3.05, 3.63) is 35.7 Å². The molecule has 0 atom stereocenters. The molecule has 0 N–H and O–H groups in total. The number of aromatic nitrogens is 4. The number of Topliss-reactive ketones (excluding diaryl/α,β-unsaturated/α-hetero) is 1. The van der Waals surface area contributed by atoms with Gasteiger partial charge in [0.2, 0.25) is 0 Å². The number of rotatable bonds is 2. The van der Waals surface area contributed by atoms with Crippen LogP contribution in [0.15, 0.2) is 24.3 Å². The summed E-state index contributed by atoms with van der Waals surface area (Å²) in [5.74, 6) is -1.44. The van der Waals surface area contributed by atoms with E-state index in [0.29, 0.717) is 11.3 Å². The van der Waals surface area contributed by atoms with E-state index in [1.54, 1.807) is 0 Å². The van der Waals surface area contributed by atoms with Crippen LogP contribution < -0.4 is 0 Å². The summed E-state index contributed by atoms with van der Waals surface area (Å²) in [5, 5.41) is 9.42. The second-order valence-corrected chi connectivity index (χ2v) is 3.50. The summed E-state index contributed by atoms with van der Waals surface area (Å²) < 4.78 is 36.8. The van der Waals surface area contributed by atoms with Gasteiger partial charge in [-0.25, -0.2) is 0 Å². The van der Waals surface area contributed by atoms with Crippen molar-refractivity contribution in [1.82, 2.24) is 20.2 Å². The summed E-state index contributed by atoms with van der Waals surface area (Å²) in [6.45, 7) is 1.39. The van der Waals surface area contributed by atoms with Crippen LogP contribution in [-0.4, -0.2) is 26.0 Å². The molecule has 0 aliphatic heterocycles. The van der Waals surface area contributed by atoms with Crippen LogP contribution in [0.25, 0.3) is 5.69 Å². The van der Waals surface area contributed by atoms with E-state index in [9.17, 15) is 18.0 Å². The van der Waals surface area contributed by atoms with Gasteiger partial charge in [-0.1, -0.05) is 0 Å². The molecule has 1 heterocycles. The van der Waals surface area contributed by atoms with Crippen molar-refractivity contribution in [3.63, 3.8) is 0 Å². The fourth-order valence-electron chi connectivity index (χ4n) is 1.27. The van der Waals surface area contributed by atoms with E-state index < -0.39 is 12.0 Å². The van der Waals surface area contributed by atoms with E-state index in [1.165, 1.54) is 31.2 Å². The van der Waals surface area contributed by atoms with Crippen LogP contribution in [0.2, 0.25) is 0 Å². The summed E-state index contributed by atoms with van der Waals surface area (Å²) in [6, 6.07) is 5.85. The number of alkyl halides is 3. The average Bonchev–Trinajstić information content (AvgIpc) is 2.78. The third kappa shape index (κ3) is 2.36. The maximum atomic E-state index is 12.3. The Balaban J connectivity index is 2.32. The molecule has 18 heavy (non-hydrogen) atoms. The van der Waals surface area contributed by atoms with Crippen LogP contribution in [0.3, 0.4) is 0 Å². The van der Waals surface area contributed by atoms with E-state index in [1.807, 2.05) is 0 Å². The highest BCUT2D eigenvalue weighted by atomic mass is 19.4. The van der Waals surface area contributed by atoms with E-state index in [0.717, 1.165) is 4.80 Å². The molecule has 1 aromatic carbocycles. The van der Waals surface area contributed by atoms with Gasteiger partial charge in [-0.3, -0.25) is 4.79 Å². The number of nitrogens with zero attached hydrogens (tertiary/aromatic N) is 4. The molecule has 2 rings (SSSR count). The zero-order valence-corrected chi connectivity index (χ0v) is 9.14. The monoisotopic (exact) mass is 256 g/mol. The Labute approximate surface area is 99.2 Å². The van der Waals surface area contributed by atoms with Gasteiger partial charge in [-0.15, -0.1) is 15.0 Å². The number of benzene rings is 1. The van der Waals surface area contributed by atoms with Crippen LogP contribution in [0.1, 0.15) is 23.1 Å². The van der Waals surface area contributed by atoms with Crippen LogP contribution in [-0.2, 0) is 6.18 Å². The van der Waals surface area contributed by atoms with Crippen LogP contribution in [0.5, 0.6) is 0 Å². The smallest absolute Gasteiger partial charge is 0.295 e. The zero-order valence-electron chi connectivity index (χ0n) is 9.14. The van der Waals surface area contributed by atoms with Crippen molar-refractivity contribution in [2.45, 2.75) is 13.1 Å². The van der Waals surface area contributed by atoms with E-state index in [4.69, 9.17) is 0 Å². The number of carbonyl (C=O) groups excluding carboxylic acids is 1. The molecule has 0 bridgehead atoms. The highest BCUT2D eigenvalue weighted by Gasteiger charge is 2.36. The van der Waals surface area contributed by atoms with Gasteiger partial charge in [0, 0.05) is 5.56 Å². The van der Waals surface area contributed by atoms with Gasteiger partial charge in [-0.05, 0) is 36.4 Å². The van der Waals surface area contributed by atoms with E-state index >= 15 is 0 Å². The van der Waals surface area contributed by atoms with Crippen molar-refractivity contribution in [2.24, 2.45) is 0 Å². The minimum absolute atomic E-state index is 0.135. The van der Waals surface area contributed by atoms with Gasteiger partial charge in [0.25, 0.3) is 5.82 Å². The normalized spacial score (nSPS) is 11.6. The van der Waals surface area contributed by atoms with E-state index in [-0.39, 0.29) is 5.78 Å². The van der Waals surface area contributed by atoms with Gasteiger partial charge < -0.3 is 0 Å². The maximum absolute atomic E-state index is 12.3. The van der Waals surface area contributed by atoms with Gasteiger partial charge >= 0.3 is 6.18 Å². The number of hydrogen-bond donors (Lipinski definition) is 0. The predicted octanol–water partition coefficient (Wildman–Crippen LogP) is 1.88. The number of carbonyl (C=O) groups is 1. The molecule has 0 spiro atoms. The lowest BCUT2D eigenvalue weighted by Crippen LogP contribution is -2.08. The first-order chi connectivity index (χ1) is 8.38. The third-order valence-electron chi connectivity index (χ3n) is 2.17. The number of hydrogen-bond acceptors (Lipinski definition) is 4. The molecule has 2 aromatic rings. The number of tetrazole rings is 1. The SMILES string of the molecule is CC(=O)c1ccc(-n2nnc(C(F)(F)F)n2)cc1. The lowest BCUT2D eigenvalue weighted by atomic mass is 10.1. The Bertz CT molecular complexity index is 574. The molecular formula is C10H7F3N4O.